The Hall–Kier alpha value is -1.10. The molecule has 0 heterocycles. The number of amides is 1. The Labute approximate surface area is 96.4 Å². The molecule has 94 valence electrons. The first-order valence-corrected chi connectivity index (χ1v) is 5.36. The van der Waals surface area contributed by atoms with Crippen LogP contribution in [0.25, 0.3) is 0 Å². The number of hydrogen-bond acceptors (Lipinski definition) is 3. The highest BCUT2D eigenvalue weighted by atomic mass is 16.4. The Balaban J connectivity index is 4.60. The SMILES string of the molecule is CC(C)[C@@H](NC(=O)[C@@H](N)C(C)(C)C)C(=O)O. The minimum absolute atomic E-state index is 0.173. The number of carbonyl (C=O) groups is 2. The molecule has 2 atom stereocenters. The van der Waals surface area contributed by atoms with Crippen LogP contribution in [0.1, 0.15) is 34.6 Å². The third-order valence-corrected chi connectivity index (χ3v) is 2.45. The number of nitrogens with two attached hydrogens (primary N) is 1. The molecule has 0 aliphatic carbocycles. The number of carboxylic acid groups (broad SMARTS) is 1. The van der Waals surface area contributed by atoms with Crippen LogP contribution in [0.4, 0.5) is 0 Å². The van der Waals surface area contributed by atoms with Crippen LogP contribution in [-0.2, 0) is 9.59 Å². The summed E-state index contributed by atoms with van der Waals surface area (Å²) in [4.78, 5) is 22.6. The molecule has 4 N–H and O–H groups in total. The van der Waals surface area contributed by atoms with Crippen molar-refractivity contribution in [1.82, 2.24) is 5.32 Å². The van der Waals surface area contributed by atoms with Gasteiger partial charge in [0.05, 0.1) is 6.04 Å². The molecule has 1 amide bonds. The first kappa shape index (κ1) is 14.9. The van der Waals surface area contributed by atoms with Gasteiger partial charge in [0.1, 0.15) is 6.04 Å². The van der Waals surface area contributed by atoms with Gasteiger partial charge in [0, 0.05) is 0 Å². The van der Waals surface area contributed by atoms with Gasteiger partial charge >= 0.3 is 5.97 Å². The number of carboxylic acids is 1. The zero-order chi connectivity index (χ0) is 13.1. The molecule has 0 rings (SSSR count). The average molecular weight is 230 g/mol. The Morgan fingerprint density at radius 2 is 1.69 bits per heavy atom. The molecule has 0 fully saturated rings. The topological polar surface area (TPSA) is 92.4 Å². The quantitative estimate of drug-likeness (QED) is 0.659. The molecule has 0 radical (unpaired) electrons. The Kier molecular flexibility index (Phi) is 4.93. The normalized spacial score (nSPS) is 15.7. The zero-order valence-electron chi connectivity index (χ0n) is 10.6. The van der Waals surface area contributed by atoms with Crippen molar-refractivity contribution in [2.24, 2.45) is 17.1 Å². The Morgan fingerprint density at radius 3 is 1.94 bits per heavy atom. The summed E-state index contributed by atoms with van der Waals surface area (Å²) in [7, 11) is 0. The molecule has 5 nitrogen and oxygen atoms in total. The van der Waals surface area contributed by atoms with E-state index in [4.69, 9.17) is 10.8 Å². The second kappa shape index (κ2) is 5.30. The van der Waals surface area contributed by atoms with Crippen LogP contribution in [0.15, 0.2) is 0 Å². The van der Waals surface area contributed by atoms with Gasteiger partial charge in [-0.3, -0.25) is 4.79 Å². The van der Waals surface area contributed by atoms with Crippen molar-refractivity contribution in [2.75, 3.05) is 0 Å². The summed E-state index contributed by atoms with van der Waals surface area (Å²) < 4.78 is 0. The summed E-state index contributed by atoms with van der Waals surface area (Å²) in [6.07, 6.45) is 0. The van der Waals surface area contributed by atoms with Gasteiger partial charge in [-0.2, -0.15) is 0 Å². The minimum Gasteiger partial charge on any atom is -0.480 e. The van der Waals surface area contributed by atoms with Crippen molar-refractivity contribution in [1.29, 1.82) is 0 Å². The van der Waals surface area contributed by atoms with Crippen molar-refractivity contribution in [3.8, 4) is 0 Å². The maximum atomic E-state index is 11.7. The molecule has 0 saturated carbocycles. The highest BCUT2D eigenvalue weighted by Crippen LogP contribution is 2.17. The lowest BCUT2D eigenvalue weighted by atomic mass is 9.86. The summed E-state index contributed by atoms with van der Waals surface area (Å²) in [6.45, 7) is 8.98. The van der Waals surface area contributed by atoms with E-state index in [1.807, 2.05) is 20.8 Å². The van der Waals surface area contributed by atoms with Gasteiger partial charge in [0.25, 0.3) is 0 Å². The van der Waals surface area contributed by atoms with Crippen LogP contribution in [0.3, 0.4) is 0 Å². The molecular formula is C11H22N2O3. The molecule has 5 heteroatoms. The molecule has 0 bridgehead atoms. The van der Waals surface area contributed by atoms with Crippen molar-refractivity contribution in [3.05, 3.63) is 0 Å². The first-order chi connectivity index (χ1) is 7.07. The predicted octanol–water partition coefficient (Wildman–Crippen LogP) is 0.585. The van der Waals surface area contributed by atoms with Gasteiger partial charge in [-0.05, 0) is 11.3 Å². The van der Waals surface area contributed by atoms with E-state index in [0.717, 1.165) is 0 Å². The van der Waals surface area contributed by atoms with Gasteiger partial charge in [0.2, 0.25) is 5.91 Å². The fourth-order valence-corrected chi connectivity index (χ4v) is 1.15. The van der Waals surface area contributed by atoms with Gasteiger partial charge in [-0.25, -0.2) is 4.79 Å². The monoisotopic (exact) mass is 230 g/mol. The van der Waals surface area contributed by atoms with Gasteiger partial charge in [-0.15, -0.1) is 0 Å². The molecule has 0 aromatic carbocycles. The van der Waals surface area contributed by atoms with Crippen LogP contribution in [0.2, 0.25) is 0 Å². The number of hydrogen-bond donors (Lipinski definition) is 3. The minimum atomic E-state index is -1.04. The van der Waals surface area contributed by atoms with Crippen LogP contribution < -0.4 is 11.1 Å². The van der Waals surface area contributed by atoms with E-state index in [1.165, 1.54) is 0 Å². The predicted molar refractivity (Wildman–Crippen MR) is 61.8 cm³/mol. The highest BCUT2D eigenvalue weighted by Gasteiger charge is 2.31. The summed E-state index contributed by atoms with van der Waals surface area (Å²) in [5.74, 6) is -1.63. The molecular weight excluding hydrogens is 208 g/mol. The highest BCUT2D eigenvalue weighted by molar-refractivity contribution is 5.87. The van der Waals surface area contributed by atoms with Crippen LogP contribution in [0, 0.1) is 11.3 Å². The zero-order valence-corrected chi connectivity index (χ0v) is 10.6. The van der Waals surface area contributed by atoms with E-state index >= 15 is 0 Å². The summed E-state index contributed by atoms with van der Waals surface area (Å²) in [5.41, 5.74) is 5.35. The first-order valence-electron chi connectivity index (χ1n) is 5.36. The molecule has 0 saturated heterocycles. The van der Waals surface area contributed by atoms with Gasteiger partial charge in [0.15, 0.2) is 0 Å². The van der Waals surface area contributed by atoms with E-state index in [9.17, 15) is 9.59 Å². The number of rotatable bonds is 4. The second-order valence-corrected chi connectivity index (χ2v) is 5.41. The fourth-order valence-electron chi connectivity index (χ4n) is 1.15. The molecule has 0 spiro atoms. The van der Waals surface area contributed by atoms with E-state index < -0.39 is 24.0 Å². The molecule has 0 aromatic rings. The van der Waals surface area contributed by atoms with Crippen molar-refractivity contribution >= 4 is 11.9 Å². The average Bonchev–Trinajstić information content (AvgIpc) is 2.09. The number of carbonyl (C=O) groups excluding carboxylic acids is 1. The number of nitrogens with one attached hydrogen (secondary N) is 1. The second-order valence-electron chi connectivity index (χ2n) is 5.41. The fraction of sp³-hybridized carbons (Fsp3) is 0.818. The number of aliphatic carboxylic acids is 1. The Bertz CT molecular complexity index is 269. The van der Waals surface area contributed by atoms with E-state index in [0.29, 0.717) is 0 Å². The molecule has 0 aliphatic rings. The summed E-state index contributed by atoms with van der Waals surface area (Å²) in [6, 6.07) is -1.60. The third-order valence-electron chi connectivity index (χ3n) is 2.45. The molecule has 0 unspecified atom stereocenters. The van der Waals surface area contributed by atoms with E-state index in [-0.39, 0.29) is 11.3 Å². The smallest absolute Gasteiger partial charge is 0.326 e. The van der Waals surface area contributed by atoms with Gasteiger partial charge in [-0.1, -0.05) is 34.6 Å². The lowest BCUT2D eigenvalue weighted by Crippen LogP contribution is -2.54. The third kappa shape index (κ3) is 4.18. The Morgan fingerprint density at radius 1 is 1.25 bits per heavy atom. The van der Waals surface area contributed by atoms with Crippen molar-refractivity contribution in [3.63, 3.8) is 0 Å². The molecule has 0 aromatic heterocycles. The maximum absolute atomic E-state index is 11.7. The van der Waals surface area contributed by atoms with Crippen molar-refractivity contribution < 1.29 is 14.7 Å². The summed E-state index contributed by atoms with van der Waals surface area (Å²) >= 11 is 0. The van der Waals surface area contributed by atoms with E-state index in [2.05, 4.69) is 5.32 Å². The van der Waals surface area contributed by atoms with E-state index in [1.54, 1.807) is 13.8 Å². The molecule has 16 heavy (non-hydrogen) atoms. The van der Waals surface area contributed by atoms with Gasteiger partial charge < -0.3 is 16.2 Å². The largest absolute Gasteiger partial charge is 0.480 e. The van der Waals surface area contributed by atoms with Crippen LogP contribution >= 0.6 is 0 Å². The lowest BCUT2D eigenvalue weighted by Gasteiger charge is -2.28. The standard InChI is InChI=1S/C11H22N2O3/c1-6(2)7(10(15)16)13-9(14)8(12)11(3,4)5/h6-8H,12H2,1-5H3,(H,13,14)(H,15,16)/t7-,8-/m1/s1. The maximum Gasteiger partial charge on any atom is 0.326 e. The van der Waals surface area contributed by atoms with Crippen LogP contribution in [0.5, 0.6) is 0 Å². The van der Waals surface area contributed by atoms with Crippen LogP contribution in [-0.4, -0.2) is 29.1 Å². The van der Waals surface area contributed by atoms with Crippen molar-refractivity contribution in [2.45, 2.75) is 46.7 Å². The lowest BCUT2D eigenvalue weighted by molar-refractivity contribution is -0.143. The summed E-state index contributed by atoms with van der Waals surface area (Å²) in [5, 5.41) is 11.4. The molecule has 0 aliphatic heterocycles.